The second-order valence-electron chi connectivity index (χ2n) is 3.21. The van der Waals surface area contributed by atoms with Gasteiger partial charge in [0.1, 0.15) is 5.15 Å². The zero-order chi connectivity index (χ0) is 9.47. The second kappa shape index (κ2) is 2.90. The van der Waals surface area contributed by atoms with Crippen molar-refractivity contribution in [2.45, 2.75) is 18.3 Å². The SMILES string of the molecule is C#CC1(c2cnc(Cl)cc2Cl)CC1. The number of aromatic nitrogens is 1. The molecule has 13 heavy (non-hydrogen) atoms. The molecule has 1 saturated carbocycles. The van der Waals surface area contributed by atoms with Crippen molar-refractivity contribution in [2.24, 2.45) is 0 Å². The van der Waals surface area contributed by atoms with E-state index in [1.807, 2.05) is 0 Å². The summed E-state index contributed by atoms with van der Waals surface area (Å²) in [5.74, 6) is 2.76. The highest BCUT2D eigenvalue weighted by Crippen LogP contribution is 2.49. The molecule has 0 aliphatic heterocycles. The summed E-state index contributed by atoms with van der Waals surface area (Å²) in [6.45, 7) is 0. The average molecular weight is 212 g/mol. The lowest BCUT2D eigenvalue weighted by atomic mass is 9.99. The lowest BCUT2D eigenvalue weighted by molar-refractivity contribution is 0.918. The van der Waals surface area contributed by atoms with Crippen molar-refractivity contribution in [3.05, 3.63) is 28.0 Å². The highest BCUT2D eigenvalue weighted by molar-refractivity contribution is 6.34. The summed E-state index contributed by atoms with van der Waals surface area (Å²) in [4.78, 5) is 3.98. The van der Waals surface area contributed by atoms with Gasteiger partial charge in [-0.25, -0.2) is 4.98 Å². The first-order chi connectivity index (χ1) is 6.18. The predicted octanol–water partition coefficient (Wildman–Crippen LogP) is 3.05. The number of halogens is 2. The predicted molar refractivity (Wildman–Crippen MR) is 54.0 cm³/mol. The Kier molecular flexibility index (Phi) is 1.98. The van der Waals surface area contributed by atoms with E-state index in [1.165, 1.54) is 0 Å². The van der Waals surface area contributed by atoms with Crippen molar-refractivity contribution in [1.29, 1.82) is 0 Å². The van der Waals surface area contributed by atoms with Crippen molar-refractivity contribution in [2.75, 3.05) is 0 Å². The zero-order valence-electron chi connectivity index (χ0n) is 6.85. The lowest BCUT2D eigenvalue weighted by Gasteiger charge is -2.09. The van der Waals surface area contributed by atoms with Crippen LogP contribution in [0, 0.1) is 12.3 Å². The third-order valence-corrected chi connectivity index (χ3v) is 2.88. The van der Waals surface area contributed by atoms with Gasteiger partial charge in [-0.3, -0.25) is 0 Å². The number of hydrogen-bond donors (Lipinski definition) is 0. The molecule has 0 saturated heterocycles. The molecule has 1 aliphatic carbocycles. The van der Waals surface area contributed by atoms with Gasteiger partial charge < -0.3 is 0 Å². The summed E-state index contributed by atoms with van der Waals surface area (Å²) < 4.78 is 0. The average Bonchev–Trinajstić information content (AvgIpc) is 2.85. The largest absolute Gasteiger partial charge is 0.244 e. The Balaban J connectivity index is 2.48. The van der Waals surface area contributed by atoms with Crippen LogP contribution >= 0.6 is 23.2 Å². The van der Waals surface area contributed by atoms with E-state index in [1.54, 1.807) is 12.3 Å². The summed E-state index contributed by atoms with van der Waals surface area (Å²) in [6, 6.07) is 1.63. The first-order valence-corrected chi connectivity index (χ1v) is 4.73. The molecule has 1 aromatic rings. The molecule has 0 amide bonds. The fourth-order valence-corrected chi connectivity index (χ4v) is 1.92. The first kappa shape index (κ1) is 8.87. The number of nitrogens with zero attached hydrogens (tertiary/aromatic N) is 1. The molecule has 0 radical (unpaired) electrons. The highest BCUT2D eigenvalue weighted by atomic mass is 35.5. The molecule has 1 aliphatic rings. The van der Waals surface area contributed by atoms with Crippen LogP contribution in [0.2, 0.25) is 10.2 Å². The molecular weight excluding hydrogens is 205 g/mol. The third-order valence-electron chi connectivity index (χ3n) is 2.36. The Morgan fingerprint density at radius 2 is 2.15 bits per heavy atom. The fourth-order valence-electron chi connectivity index (χ4n) is 1.38. The van der Waals surface area contributed by atoms with E-state index < -0.39 is 0 Å². The number of terminal acetylenes is 1. The van der Waals surface area contributed by atoms with Gasteiger partial charge in [0.2, 0.25) is 0 Å². The quantitative estimate of drug-likeness (QED) is 0.515. The number of hydrogen-bond acceptors (Lipinski definition) is 1. The Bertz CT molecular complexity index is 388. The Labute approximate surface area is 87.1 Å². The highest BCUT2D eigenvalue weighted by Gasteiger charge is 2.44. The van der Waals surface area contributed by atoms with E-state index >= 15 is 0 Å². The van der Waals surface area contributed by atoms with Crippen molar-refractivity contribution in [1.82, 2.24) is 4.98 Å². The van der Waals surface area contributed by atoms with Crippen molar-refractivity contribution >= 4 is 23.2 Å². The molecule has 1 aromatic heterocycles. The summed E-state index contributed by atoms with van der Waals surface area (Å²) in [5, 5.41) is 1.03. The van der Waals surface area contributed by atoms with Crippen LogP contribution in [0.5, 0.6) is 0 Å². The van der Waals surface area contributed by atoms with Gasteiger partial charge in [-0.1, -0.05) is 29.1 Å². The van der Waals surface area contributed by atoms with E-state index in [4.69, 9.17) is 29.6 Å². The molecule has 1 heterocycles. The van der Waals surface area contributed by atoms with Gasteiger partial charge in [-0.2, -0.15) is 0 Å². The molecule has 0 bridgehead atoms. The maximum atomic E-state index is 6.01. The minimum absolute atomic E-state index is 0.158. The summed E-state index contributed by atoms with van der Waals surface area (Å²) in [5.41, 5.74) is 0.773. The standard InChI is InChI=1S/C10H7Cl2N/c1-2-10(3-4-10)7-6-13-9(12)5-8(7)11/h1,5-6H,3-4H2. The number of pyridine rings is 1. The van der Waals surface area contributed by atoms with Crippen LogP contribution < -0.4 is 0 Å². The Hall–Kier alpha value is -0.710. The summed E-state index contributed by atoms with van der Waals surface area (Å²) in [7, 11) is 0. The van der Waals surface area contributed by atoms with E-state index in [9.17, 15) is 0 Å². The van der Waals surface area contributed by atoms with Crippen LogP contribution in [0.1, 0.15) is 18.4 Å². The molecule has 0 spiro atoms. The van der Waals surface area contributed by atoms with E-state index in [-0.39, 0.29) is 5.41 Å². The second-order valence-corrected chi connectivity index (χ2v) is 4.01. The van der Waals surface area contributed by atoms with Gasteiger partial charge in [0.05, 0.1) is 5.41 Å². The maximum Gasteiger partial charge on any atom is 0.130 e. The topological polar surface area (TPSA) is 12.9 Å². The molecule has 0 atom stereocenters. The van der Waals surface area contributed by atoms with Crippen LogP contribution in [0.25, 0.3) is 0 Å². The maximum absolute atomic E-state index is 6.01. The normalized spacial score (nSPS) is 17.9. The summed E-state index contributed by atoms with van der Waals surface area (Å²) >= 11 is 11.7. The van der Waals surface area contributed by atoms with Crippen molar-refractivity contribution in [3.8, 4) is 12.3 Å². The molecule has 2 rings (SSSR count). The Morgan fingerprint density at radius 1 is 1.46 bits per heavy atom. The first-order valence-electron chi connectivity index (χ1n) is 3.97. The Morgan fingerprint density at radius 3 is 2.62 bits per heavy atom. The minimum Gasteiger partial charge on any atom is -0.244 e. The van der Waals surface area contributed by atoms with E-state index in [2.05, 4.69) is 10.9 Å². The van der Waals surface area contributed by atoms with Crippen LogP contribution in [0.3, 0.4) is 0 Å². The van der Waals surface area contributed by atoms with Crippen molar-refractivity contribution in [3.63, 3.8) is 0 Å². The monoisotopic (exact) mass is 211 g/mol. The molecular formula is C10H7Cl2N. The van der Waals surface area contributed by atoms with Gasteiger partial charge in [-0.05, 0) is 18.9 Å². The van der Waals surface area contributed by atoms with Crippen molar-refractivity contribution < 1.29 is 0 Å². The molecule has 0 unspecified atom stereocenters. The van der Waals surface area contributed by atoms with Gasteiger partial charge in [0.25, 0.3) is 0 Å². The van der Waals surface area contributed by atoms with Crippen LogP contribution in [-0.4, -0.2) is 4.98 Å². The molecule has 1 fully saturated rings. The molecule has 1 nitrogen and oxygen atoms in total. The fraction of sp³-hybridized carbons (Fsp3) is 0.300. The van der Waals surface area contributed by atoms with E-state index in [0.717, 1.165) is 18.4 Å². The van der Waals surface area contributed by atoms with Gasteiger partial charge in [0, 0.05) is 16.8 Å². The zero-order valence-corrected chi connectivity index (χ0v) is 8.36. The van der Waals surface area contributed by atoms with Gasteiger partial charge in [-0.15, -0.1) is 6.42 Å². The third kappa shape index (κ3) is 1.41. The smallest absolute Gasteiger partial charge is 0.130 e. The van der Waals surface area contributed by atoms with Crippen LogP contribution in [0.15, 0.2) is 12.3 Å². The molecule has 3 heteroatoms. The van der Waals surface area contributed by atoms with E-state index in [0.29, 0.717) is 10.2 Å². The lowest BCUT2D eigenvalue weighted by Crippen LogP contribution is -2.03. The minimum atomic E-state index is -0.158. The van der Waals surface area contributed by atoms with Crippen LogP contribution in [-0.2, 0) is 5.41 Å². The van der Waals surface area contributed by atoms with Crippen LogP contribution in [0.4, 0.5) is 0 Å². The summed E-state index contributed by atoms with van der Waals surface area (Å²) in [6.07, 6.45) is 9.10. The molecule has 66 valence electrons. The van der Waals surface area contributed by atoms with Gasteiger partial charge in [0.15, 0.2) is 0 Å². The molecule has 0 N–H and O–H groups in total. The van der Waals surface area contributed by atoms with Gasteiger partial charge >= 0.3 is 0 Å². The number of rotatable bonds is 1. The molecule has 0 aromatic carbocycles.